The molecule has 2 aromatic carbocycles. The molecule has 0 atom stereocenters. The van der Waals surface area contributed by atoms with Gasteiger partial charge in [0.2, 0.25) is 0 Å². The van der Waals surface area contributed by atoms with Gasteiger partial charge in [0.15, 0.2) is 16.6 Å². The van der Waals surface area contributed by atoms with Crippen molar-refractivity contribution in [2.24, 2.45) is 0 Å². The molecule has 0 aromatic heterocycles. The summed E-state index contributed by atoms with van der Waals surface area (Å²) < 4.78 is 18.7. The van der Waals surface area contributed by atoms with E-state index in [0.29, 0.717) is 29.8 Å². The summed E-state index contributed by atoms with van der Waals surface area (Å²) in [6.07, 6.45) is 3.38. The maximum absolute atomic E-state index is 13.3. The predicted octanol–water partition coefficient (Wildman–Crippen LogP) is 3.49. The number of benzene rings is 2. The lowest BCUT2D eigenvalue weighted by atomic mass is 10.0. The summed E-state index contributed by atoms with van der Waals surface area (Å²) in [5, 5.41) is 12.7. The molecule has 1 fully saturated rings. The minimum absolute atomic E-state index is 0.0209. The monoisotopic (exact) mass is 426 g/mol. The molecule has 2 N–H and O–H groups in total. The van der Waals surface area contributed by atoms with Crippen LogP contribution in [0, 0.1) is 5.82 Å². The molecule has 30 heavy (non-hydrogen) atoms. The molecule has 154 valence electrons. The number of hydrogen-bond acceptors (Lipinski definition) is 5. The summed E-state index contributed by atoms with van der Waals surface area (Å²) >= 11 is 5.13. The van der Waals surface area contributed by atoms with Crippen LogP contribution in [0.25, 0.3) is 6.08 Å². The fourth-order valence-corrected chi connectivity index (χ4v) is 3.28. The normalized spacial score (nSPS) is 15.3. The Morgan fingerprint density at radius 1 is 1.27 bits per heavy atom. The Hall–Kier alpha value is -3.52. The van der Waals surface area contributed by atoms with Gasteiger partial charge in [-0.05, 0) is 73.6 Å². The highest BCUT2D eigenvalue weighted by atomic mass is 32.1. The highest BCUT2D eigenvalue weighted by Gasteiger charge is 2.34. The van der Waals surface area contributed by atoms with E-state index in [-0.39, 0.29) is 22.2 Å². The minimum Gasteiger partial charge on any atom is -0.504 e. The van der Waals surface area contributed by atoms with Crippen molar-refractivity contribution in [2.75, 3.05) is 11.5 Å². The second kappa shape index (κ2) is 8.87. The lowest BCUT2D eigenvalue weighted by Gasteiger charge is -2.29. The Balaban J connectivity index is 2.05. The topological polar surface area (TPSA) is 78.9 Å². The smallest absolute Gasteiger partial charge is 0.270 e. The van der Waals surface area contributed by atoms with Crippen LogP contribution in [0.15, 0.2) is 54.6 Å². The van der Waals surface area contributed by atoms with E-state index in [4.69, 9.17) is 17.0 Å². The van der Waals surface area contributed by atoms with E-state index in [1.807, 2.05) is 0 Å². The number of nitrogens with zero attached hydrogens (tertiary/aromatic N) is 1. The van der Waals surface area contributed by atoms with E-state index in [0.717, 1.165) is 4.90 Å². The number of halogens is 1. The SMILES string of the molecule is C=CCc1cc(/C=C2\C(=O)NC(=S)N(c3ccc(F)cc3)C2=O)cc(OCC)c1O. The molecule has 1 saturated heterocycles. The quantitative estimate of drug-likeness (QED) is 0.320. The van der Waals surface area contributed by atoms with Crippen molar-refractivity contribution in [1.82, 2.24) is 5.32 Å². The zero-order chi connectivity index (χ0) is 21.8. The van der Waals surface area contributed by atoms with Gasteiger partial charge in [0, 0.05) is 5.56 Å². The number of aromatic hydroxyl groups is 1. The van der Waals surface area contributed by atoms with Crippen LogP contribution < -0.4 is 15.0 Å². The Labute approximate surface area is 178 Å². The predicted molar refractivity (Wildman–Crippen MR) is 116 cm³/mol. The first-order valence-corrected chi connectivity index (χ1v) is 9.53. The van der Waals surface area contributed by atoms with Crippen molar-refractivity contribution in [3.8, 4) is 11.5 Å². The third kappa shape index (κ3) is 4.23. The van der Waals surface area contributed by atoms with E-state index in [2.05, 4.69) is 11.9 Å². The number of carbonyl (C=O) groups excluding carboxylic acids is 2. The molecular weight excluding hydrogens is 407 g/mol. The van der Waals surface area contributed by atoms with E-state index >= 15 is 0 Å². The van der Waals surface area contributed by atoms with Gasteiger partial charge in [0.25, 0.3) is 11.8 Å². The Bertz CT molecular complexity index is 1060. The number of rotatable bonds is 6. The lowest BCUT2D eigenvalue weighted by molar-refractivity contribution is -0.122. The standard InChI is InChI=1S/C22H19FN2O4S/c1-3-5-14-10-13(12-18(19(14)26)29-4-2)11-17-20(27)24-22(30)25(21(17)28)16-8-6-15(23)7-9-16/h3,6-12,26H,1,4-5H2,2H3,(H,24,27,30)/b17-11+. The lowest BCUT2D eigenvalue weighted by Crippen LogP contribution is -2.54. The van der Waals surface area contributed by atoms with E-state index in [1.165, 1.54) is 36.4 Å². The molecule has 0 spiro atoms. The van der Waals surface area contributed by atoms with Crippen LogP contribution >= 0.6 is 12.2 Å². The highest BCUT2D eigenvalue weighted by molar-refractivity contribution is 7.80. The van der Waals surface area contributed by atoms with Crippen LogP contribution in [-0.2, 0) is 16.0 Å². The summed E-state index contributed by atoms with van der Waals surface area (Å²) in [4.78, 5) is 26.6. The second-order valence-corrected chi connectivity index (χ2v) is 6.77. The molecule has 0 radical (unpaired) electrons. The van der Waals surface area contributed by atoms with Crippen LogP contribution in [0.1, 0.15) is 18.1 Å². The van der Waals surface area contributed by atoms with Gasteiger partial charge in [-0.25, -0.2) is 4.39 Å². The number of anilines is 1. The zero-order valence-corrected chi connectivity index (χ0v) is 17.0. The molecule has 2 amide bonds. The van der Waals surface area contributed by atoms with Crippen molar-refractivity contribution in [3.63, 3.8) is 0 Å². The third-order valence-electron chi connectivity index (χ3n) is 4.34. The number of thiocarbonyl (C=S) groups is 1. The maximum atomic E-state index is 13.3. The summed E-state index contributed by atoms with van der Waals surface area (Å²) in [6.45, 7) is 5.77. The first kappa shape index (κ1) is 21.2. The average Bonchev–Trinajstić information content (AvgIpc) is 2.70. The van der Waals surface area contributed by atoms with Gasteiger partial charge in [0.1, 0.15) is 11.4 Å². The number of amides is 2. The molecule has 6 nitrogen and oxygen atoms in total. The highest BCUT2D eigenvalue weighted by Crippen LogP contribution is 2.33. The van der Waals surface area contributed by atoms with Crippen LogP contribution in [-0.4, -0.2) is 28.6 Å². The molecule has 1 aliphatic heterocycles. The van der Waals surface area contributed by atoms with Gasteiger partial charge < -0.3 is 9.84 Å². The number of allylic oxidation sites excluding steroid dienone is 1. The second-order valence-electron chi connectivity index (χ2n) is 6.39. The van der Waals surface area contributed by atoms with E-state index in [9.17, 15) is 19.1 Å². The van der Waals surface area contributed by atoms with E-state index < -0.39 is 17.6 Å². The molecule has 0 aliphatic carbocycles. The summed E-state index contributed by atoms with van der Waals surface area (Å²) in [7, 11) is 0. The minimum atomic E-state index is -0.653. The van der Waals surface area contributed by atoms with Crippen molar-refractivity contribution in [2.45, 2.75) is 13.3 Å². The fraction of sp³-hybridized carbons (Fsp3) is 0.136. The van der Waals surface area contributed by atoms with Crippen molar-refractivity contribution in [1.29, 1.82) is 0 Å². The third-order valence-corrected chi connectivity index (χ3v) is 4.62. The number of phenolic OH excluding ortho intramolecular Hbond substituents is 1. The summed E-state index contributed by atoms with van der Waals surface area (Å²) in [5.41, 5.74) is 1.19. The van der Waals surface area contributed by atoms with E-state index in [1.54, 1.807) is 19.1 Å². The number of ether oxygens (including phenoxy) is 1. The number of hydrogen-bond donors (Lipinski definition) is 2. The van der Waals surface area contributed by atoms with Crippen LogP contribution in [0.4, 0.5) is 10.1 Å². The van der Waals surface area contributed by atoms with Gasteiger partial charge in [-0.2, -0.15) is 0 Å². The summed E-state index contributed by atoms with van der Waals surface area (Å²) in [6, 6.07) is 8.35. The van der Waals surface area contributed by atoms with Crippen LogP contribution in [0.3, 0.4) is 0 Å². The number of carbonyl (C=O) groups is 2. The van der Waals surface area contributed by atoms with Crippen LogP contribution in [0.2, 0.25) is 0 Å². The number of phenols is 1. The van der Waals surface area contributed by atoms with Crippen molar-refractivity contribution < 1.29 is 23.8 Å². The molecular formula is C22H19FN2O4S. The molecule has 8 heteroatoms. The van der Waals surface area contributed by atoms with Gasteiger partial charge in [0.05, 0.1) is 12.3 Å². The van der Waals surface area contributed by atoms with Crippen molar-refractivity contribution in [3.05, 3.63) is 71.6 Å². The largest absolute Gasteiger partial charge is 0.504 e. The molecule has 2 aromatic rings. The molecule has 0 saturated carbocycles. The average molecular weight is 426 g/mol. The molecule has 1 heterocycles. The zero-order valence-electron chi connectivity index (χ0n) is 16.1. The molecule has 0 bridgehead atoms. The molecule has 3 rings (SSSR count). The van der Waals surface area contributed by atoms with Crippen LogP contribution in [0.5, 0.6) is 11.5 Å². The van der Waals surface area contributed by atoms with Gasteiger partial charge >= 0.3 is 0 Å². The van der Waals surface area contributed by atoms with Crippen molar-refractivity contribution >= 4 is 40.9 Å². The first-order chi connectivity index (χ1) is 14.3. The molecule has 0 unspecified atom stereocenters. The summed E-state index contributed by atoms with van der Waals surface area (Å²) in [5.74, 6) is -1.55. The first-order valence-electron chi connectivity index (χ1n) is 9.12. The maximum Gasteiger partial charge on any atom is 0.270 e. The fourth-order valence-electron chi connectivity index (χ4n) is 3.00. The Morgan fingerprint density at radius 3 is 2.60 bits per heavy atom. The van der Waals surface area contributed by atoms with Gasteiger partial charge in [-0.15, -0.1) is 6.58 Å². The number of nitrogens with one attached hydrogen (secondary N) is 1. The van der Waals surface area contributed by atoms with Gasteiger partial charge in [-0.1, -0.05) is 6.08 Å². The van der Waals surface area contributed by atoms with Gasteiger partial charge in [-0.3, -0.25) is 19.8 Å². The molecule has 1 aliphatic rings. The Morgan fingerprint density at radius 2 is 1.97 bits per heavy atom. The Kier molecular flexibility index (Phi) is 6.27.